The third kappa shape index (κ3) is 7.68. The number of nitrogens with zero attached hydrogens (tertiary/aromatic N) is 1. The van der Waals surface area contributed by atoms with Crippen molar-refractivity contribution in [2.75, 3.05) is 26.2 Å². The Kier molecular flexibility index (Phi) is 9.69. The van der Waals surface area contributed by atoms with E-state index in [0.717, 1.165) is 0 Å². The fraction of sp³-hybridized carbons (Fsp3) is 0.615. The Morgan fingerprint density at radius 3 is 2.47 bits per heavy atom. The number of benzene rings is 1. The number of rotatable bonds is 3. The fourth-order valence-corrected chi connectivity index (χ4v) is 4.53. The monoisotopic (exact) mass is 502 g/mol. The number of para-hydroxylation sites is 1. The summed E-state index contributed by atoms with van der Waals surface area (Å²) in [5, 5.41) is 8.38. The number of amides is 4. The first-order chi connectivity index (χ1) is 17.1. The first-order valence-electron chi connectivity index (χ1n) is 12.7. The zero-order valence-corrected chi connectivity index (χ0v) is 21.5. The average molecular weight is 503 g/mol. The van der Waals surface area contributed by atoms with Crippen LogP contribution in [-0.2, 0) is 19.1 Å². The van der Waals surface area contributed by atoms with Crippen LogP contribution in [0.2, 0.25) is 0 Å². The smallest absolute Gasteiger partial charge is 0.255 e. The summed E-state index contributed by atoms with van der Waals surface area (Å²) in [6.07, 6.45) is 0.340. The normalized spacial score (nSPS) is 26.5. The van der Waals surface area contributed by atoms with Crippen molar-refractivity contribution in [3.63, 3.8) is 0 Å². The van der Waals surface area contributed by atoms with Gasteiger partial charge in [-0.25, -0.2) is 0 Å². The summed E-state index contributed by atoms with van der Waals surface area (Å²) in [7, 11) is 0. The zero-order valence-electron chi connectivity index (χ0n) is 21.5. The lowest BCUT2D eigenvalue weighted by Crippen LogP contribution is -2.56. The molecule has 0 bridgehead atoms. The van der Waals surface area contributed by atoms with Gasteiger partial charge in [-0.15, -0.1) is 0 Å². The molecule has 198 valence electrons. The molecular formula is C26H38N4O6. The van der Waals surface area contributed by atoms with Crippen LogP contribution in [0, 0.1) is 5.92 Å². The van der Waals surface area contributed by atoms with E-state index in [2.05, 4.69) is 16.0 Å². The van der Waals surface area contributed by atoms with E-state index < -0.39 is 23.9 Å². The summed E-state index contributed by atoms with van der Waals surface area (Å²) in [6.45, 7) is 9.05. The Morgan fingerprint density at radius 1 is 1.08 bits per heavy atom. The van der Waals surface area contributed by atoms with Crippen molar-refractivity contribution in [2.45, 2.75) is 71.2 Å². The van der Waals surface area contributed by atoms with Crippen LogP contribution in [-0.4, -0.2) is 79.1 Å². The Bertz CT molecular complexity index is 942. The lowest BCUT2D eigenvalue weighted by atomic mass is 10.0. The van der Waals surface area contributed by atoms with Gasteiger partial charge in [0, 0.05) is 19.6 Å². The molecule has 3 rings (SSSR count). The van der Waals surface area contributed by atoms with Crippen LogP contribution in [0.3, 0.4) is 0 Å². The van der Waals surface area contributed by atoms with Gasteiger partial charge in [-0.1, -0.05) is 26.0 Å². The number of morpholine rings is 1. The third-order valence-electron chi connectivity index (χ3n) is 6.09. The van der Waals surface area contributed by atoms with Crippen molar-refractivity contribution in [1.29, 1.82) is 0 Å². The molecule has 0 spiro atoms. The Balaban J connectivity index is 1.89. The highest BCUT2D eigenvalue weighted by Crippen LogP contribution is 2.19. The molecule has 2 aliphatic rings. The maximum atomic E-state index is 13.5. The van der Waals surface area contributed by atoms with E-state index in [9.17, 15) is 19.2 Å². The van der Waals surface area contributed by atoms with Crippen molar-refractivity contribution < 1.29 is 28.7 Å². The molecule has 0 radical (unpaired) electrons. The highest BCUT2D eigenvalue weighted by Gasteiger charge is 2.34. The van der Waals surface area contributed by atoms with Crippen LogP contribution >= 0.6 is 0 Å². The Morgan fingerprint density at radius 2 is 1.78 bits per heavy atom. The Labute approximate surface area is 212 Å². The van der Waals surface area contributed by atoms with Crippen molar-refractivity contribution >= 4 is 23.6 Å². The predicted molar refractivity (Wildman–Crippen MR) is 133 cm³/mol. The van der Waals surface area contributed by atoms with Crippen molar-refractivity contribution in [1.82, 2.24) is 20.9 Å². The SMILES string of the molecule is CC(C)C[C@@H]1NC(=O)C[C@@H](C(=O)N2C[C@@H](C)O[C@@H](C)C2)NC(=O)c2ccccc2OCCCNC1=O. The minimum absolute atomic E-state index is 0.162. The number of hydrogen-bond acceptors (Lipinski definition) is 6. The largest absolute Gasteiger partial charge is 0.493 e. The molecule has 1 aromatic carbocycles. The minimum Gasteiger partial charge on any atom is -0.493 e. The number of hydrogen-bond donors (Lipinski definition) is 3. The topological polar surface area (TPSA) is 126 Å². The molecule has 0 saturated carbocycles. The molecular weight excluding hydrogens is 464 g/mol. The molecule has 4 amide bonds. The summed E-state index contributed by atoms with van der Waals surface area (Å²) in [5.74, 6) is -1.10. The molecule has 10 heteroatoms. The molecule has 2 heterocycles. The maximum absolute atomic E-state index is 13.5. The number of carbonyl (C=O) groups excluding carboxylic acids is 4. The van der Waals surface area contributed by atoms with Crippen LogP contribution < -0.4 is 20.7 Å². The zero-order chi connectivity index (χ0) is 26.2. The Hall–Kier alpha value is -3.14. The maximum Gasteiger partial charge on any atom is 0.255 e. The molecule has 0 aliphatic carbocycles. The molecule has 0 unspecified atom stereocenters. The van der Waals surface area contributed by atoms with Gasteiger partial charge in [-0.2, -0.15) is 0 Å². The third-order valence-corrected chi connectivity index (χ3v) is 6.09. The second-order valence-corrected chi connectivity index (χ2v) is 9.97. The van der Waals surface area contributed by atoms with E-state index in [0.29, 0.717) is 38.2 Å². The summed E-state index contributed by atoms with van der Waals surface area (Å²) in [5.41, 5.74) is 0.274. The van der Waals surface area contributed by atoms with Gasteiger partial charge in [0.2, 0.25) is 17.7 Å². The summed E-state index contributed by atoms with van der Waals surface area (Å²) in [6, 6.07) is 4.90. The number of carbonyl (C=O) groups is 4. The van der Waals surface area contributed by atoms with E-state index in [-0.39, 0.29) is 48.5 Å². The number of ether oxygens (including phenoxy) is 2. The van der Waals surface area contributed by atoms with Crippen LogP contribution in [0.4, 0.5) is 0 Å². The van der Waals surface area contributed by atoms with Gasteiger partial charge in [0.1, 0.15) is 17.8 Å². The summed E-state index contributed by atoms with van der Waals surface area (Å²) < 4.78 is 11.5. The van der Waals surface area contributed by atoms with Crippen molar-refractivity contribution in [2.24, 2.45) is 5.92 Å². The summed E-state index contributed by atoms with van der Waals surface area (Å²) in [4.78, 5) is 54.3. The second kappa shape index (κ2) is 12.7. The molecule has 36 heavy (non-hydrogen) atoms. The van der Waals surface area contributed by atoms with Crippen LogP contribution in [0.5, 0.6) is 5.75 Å². The molecule has 4 atom stereocenters. The fourth-order valence-electron chi connectivity index (χ4n) is 4.53. The van der Waals surface area contributed by atoms with Gasteiger partial charge < -0.3 is 30.3 Å². The molecule has 2 aliphatic heterocycles. The number of fused-ring (bicyclic) bond motifs is 1. The molecule has 1 aromatic rings. The standard InChI is InChI=1S/C26H38N4O6/c1-16(2)12-20-25(33)27-10-7-11-35-22-9-6-5-8-19(22)24(32)29-21(13-23(31)28-20)26(34)30-14-17(3)36-18(4)15-30/h5-6,8-9,16-18,20-21H,7,10-15H2,1-4H3,(H,27,33)(H,28,31)(H,29,32)/t17-,18+,20-,21-/m0/s1. The molecule has 0 aromatic heterocycles. The molecule has 10 nitrogen and oxygen atoms in total. The van der Waals surface area contributed by atoms with E-state index in [1.165, 1.54) is 0 Å². The molecule has 3 N–H and O–H groups in total. The number of nitrogens with one attached hydrogen (secondary N) is 3. The highest BCUT2D eigenvalue weighted by atomic mass is 16.5. The van der Waals surface area contributed by atoms with E-state index in [4.69, 9.17) is 9.47 Å². The van der Waals surface area contributed by atoms with Gasteiger partial charge in [0.15, 0.2) is 0 Å². The van der Waals surface area contributed by atoms with Crippen LogP contribution in [0.25, 0.3) is 0 Å². The first-order valence-corrected chi connectivity index (χ1v) is 12.7. The molecule has 1 fully saturated rings. The van der Waals surface area contributed by atoms with Gasteiger partial charge >= 0.3 is 0 Å². The minimum atomic E-state index is -1.11. The van der Waals surface area contributed by atoms with E-state index in [1.54, 1.807) is 29.2 Å². The quantitative estimate of drug-likeness (QED) is 0.571. The van der Waals surface area contributed by atoms with E-state index >= 15 is 0 Å². The average Bonchev–Trinajstić information content (AvgIpc) is 2.81. The van der Waals surface area contributed by atoms with Gasteiger partial charge in [0.05, 0.1) is 30.8 Å². The van der Waals surface area contributed by atoms with Gasteiger partial charge in [0.25, 0.3) is 5.91 Å². The first kappa shape index (κ1) is 27.4. The van der Waals surface area contributed by atoms with Gasteiger partial charge in [-0.05, 0) is 44.7 Å². The predicted octanol–water partition coefficient (Wildman–Crippen LogP) is 1.24. The lowest BCUT2D eigenvalue weighted by molar-refractivity contribution is -0.146. The van der Waals surface area contributed by atoms with E-state index in [1.807, 2.05) is 27.7 Å². The van der Waals surface area contributed by atoms with Gasteiger partial charge in [-0.3, -0.25) is 19.2 Å². The summed E-state index contributed by atoms with van der Waals surface area (Å²) >= 11 is 0. The van der Waals surface area contributed by atoms with Crippen molar-refractivity contribution in [3.8, 4) is 5.75 Å². The molecule has 1 saturated heterocycles. The highest BCUT2D eigenvalue weighted by molar-refractivity contribution is 6.01. The second-order valence-electron chi connectivity index (χ2n) is 9.97. The lowest BCUT2D eigenvalue weighted by Gasteiger charge is -2.37. The van der Waals surface area contributed by atoms with Crippen LogP contribution in [0.15, 0.2) is 24.3 Å². The van der Waals surface area contributed by atoms with Crippen molar-refractivity contribution in [3.05, 3.63) is 29.8 Å². The van der Waals surface area contributed by atoms with Crippen LogP contribution in [0.1, 0.15) is 57.3 Å².